The first-order valence-electron chi connectivity index (χ1n) is 3.60. The van der Waals surface area contributed by atoms with E-state index in [1.165, 1.54) is 10.8 Å². The molecular weight excluding hydrogens is 150 g/mol. The average Bonchev–Trinajstić information content (AvgIpc) is 2.04. The Bertz CT molecular complexity index is 384. The predicted octanol–water partition coefficient (Wildman–Crippen LogP) is 1.60. The van der Waals surface area contributed by atoms with E-state index >= 15 is 0 Å². The van der Waals surface area contributed by atoms with Crippen LogP contribution in [0.2, 0.25) is 0 Å². The van der Waals surface area contributed by atoms with Crippen LogP contribution in [0.15, 0.2) is 42.5 Å². The molecule has 2 aromatic carbocycles. The Morgan fingerprint density at radius 3 is 2.25 bits per heavy atom. The second-order valence-corrected chi connectivity index (χ2v) is 2.61. The summed E-state index contributed by atoms with van der Waals surface area (Å²) in [4.78, 5) is 0. The Morgan fingerprint density at radius 1 is 0.833 bits per heavy atom. The fourth-order valence-corrected chi connectivity index (χ4v) is 1.21. The zero-order valence-corrected chi connectivity index (χ0v) is 6.62. The largest absolute Gasteiger partial charge is 0.412 e. The second-order valence-electron chi connectivity index (χ2n) is 2.61. The molecule has 0 aliphatic heterocycles. The smallest absolute Gasteiger partial charge is 0.0320 e. The van der Waals surface area contributed by atoms with Crippen LogP contribution in [0.3, 0.4) is 0 Å². The molecule has 0 spiro atoms. The van der Waals surface area contributed by atoms with Crippen molar-refractivity contribution >= 4 is 16.5 Å². The minimum Gasteiger partial charge on any atom is -0.412 e. The van der Waals surface area contributed by atoms with Crippen LogP contribution in [0.1, 0.15) is 0 Å². The standard InChI is InChI=1S/C10H9N.H2O/c11-10-6-5-8-3-1-2-4-9(8)7-10;/h1-7H,11H2;1H2. The molecule has 0 radical (unpaired) electrons. The number of rotatable bonds is 0. The Balaban J connectivity index is 0.000000720. The van der Waals surface area contributed by atoms with Gasteiger partial charge in [0.25, 0.3) is 0 Å². The highest BCUT2D eigenvalue weighted by molar-refractivity contribution is 5.85. The van der Waals surface area contributed by atoms with Crippen molar-refractivity contribution in [2.45, 2.75) is 0 Å². The first-order valence-corrected chi connectivity index (χ1v) is 3.60. The fourth-order valence-electron chi connectivity index (χ4n) is 1.21. The number of nitrogens with two attached hydrogens (primary N) is 1. The van der Waals surface area contributed by atoms with Gasteiger partial charge >= 0.3 is 0 Å². The van der Waals surface area contributed by atoms with E-state index in [1.807, 2.05) is 30.3 Å². The Hall–Kier alpha value is -1.54. The van der Waals surface area contributed by atoms with Gasteiger partial charge in [-0.15, -0.1) is 0 Å². The highest BCUT2D eigenvalue weighted by Crippen LogP contribution is 2.15. The fraction of sp³-hybridized carbons (Fsp3) is 0. The third-order valence-electron chi connectivity index (χ3n) is 1.77. The SMILES string of the molecule is Nc1ccc2ccccc2c1.O. The van der Waals surface area contributed by atoms with Crippen molar-refractivity contribution in [1.82, 2.24) is 0 Å². The van der Waals surface area contributed by atoms with Crippen LogP contribution < -0.4 is 5.73 Å². The van der Waals surface area contributed by atoms with E-state index in [4.69, 9.17) is 5.73 Å². The van der Waals surface area contributed by atoms with Crippen molar-refractivity contribution in [3.63, 3.8) is 0 Å². The molecule has 0 atom stereocenters. The normalized spacial score (nSPS) is 9.33. The highest BCUT2D eigenvalue weighted by Gasteiger charge is 1.89. The van der Waals surface area contributed by atoms with Crippen molar-refractivity contribution in [3.05, 3.63) is 42.5 Å². The molecular formula is C10H11NO. The van der Waals surface area contributed by atoms with Crippen molar-refractivity contribution in [3.8, 4) is 0 Å². The Labute approximate surface area is 70.9 Å². The van der Waals surface area contributed by atoms with Gasteiger partial charge in [-0.2, -0.15) is 0 Å². The molecule has 4 N–H and O–H groups in total. The first kappa shape index (κ1) is 8.56. The van der Waals surface area contributed by atoms with Crippen molar-refractivity contribution < 1.29 is 5.48 Å². The molecule has 2 rings (SSSR count). The van der Waals surface area contributed by atoms with Crippen LogP contribution in [0.4, 0.5) is 5.69 Å². The zero-order chi connectivity index (χ0) is 7.68. The van der Waals surface area contributed by atoms with E-state index < -0.39 is 0 Å². The molecule has 0 fully saturated rings. The quantitative estimate of drug-likeness (QED) is 0.586. The van der Waals surface area contributed by atoms with E-state index in [0.29, 0.717) is 0 Å². The maximum atomic E-state index is 5.62. The first-order chi connectivity index (χ1) is 5.36. The van der Waals surface area contributed by atoms with Gasteiger partial charge in [-0.3, -0.25) is 0 Å². The molecule has 2 nitrogen and oxygen atoms in total. The third-order valence-corrected chi connectivity index (χ3v) is 1.77. The number of fused-ring (bicyclic) bond motifs is 1. The summed E-state index contributed by atoms with van der Waals surface area (Å²) >= 11 is 0. The summed E-state index contributed by atoms with van der Waals surface area (Å²) in [6.07, 6.45) is 0. The molecule has 0 aliphatic carbocycles. The molecule has 62 valence electrons. The van der Waals surface area contributed by atoms with E-state index in [1.54, 1.807) is 0 Å². The summed E-state index contributed by atoms with van der Waals surface area (Å²) in [5, 5.41) is 2.44. The molecule has 2 aromatic rings. The van der Waals surface area contributed by atoms with Gasteiger partial charge in [0.05, 0.1) is 0 Å². The summed E-state index contributed by atoms with van der Waals surface area (Å²) in [6, 6.07) is 14.1. The number of benzene rings is 2. The summed E-state index contributed by atoms with van der Waals surface area (Å²) < 4.78 is 0. The molecule has 12 heavy (non-hydrogen) atoms. The van der Waals surface area contributed by atoms with E-state index in [-0.39, 0.29) is 5.48 Å². The van der Waals surface area contributed by atoms with Crippen LogP contribution in [-0.2, 0) is 0 Å². The lowest BCUT2D eigenvalue weighted by Gasteiger charge is -1.96. The maximum absolute atomic E-state index is 5.62. The summed E-state index contributed by atoms with van der Waals surface area (Å²) in [6.45, 7) is 0. The maximum Gasteiger partial charge on any atom is 0.0320 e. The lowest BCUT2D eigenvalue weighted by atomic mass is 10.1. The van der Waals surface area contributed by atoms with Crippen LogP contribution in [0, 0.1) is 0 Å². The van der Waals surface area contributed by atoms with Gasteiger partial charge in [-0.25, -0.2) is 0 Å². The van der Waals surface area contributed by atoms with Gasteiger partial charge < -0.3 is 11.2 Å². The Morgan fingerprint density at radius 2 is 1.50 bits per heavy atom. The van der Waals surface area contributed by atoms with Gasteiger partial charge in [-0.05, 0) is 22.9 Å². The average molecular weight is 161 g/mol. The molecule has 0 unspecified atom stereocenters. The molecule has 0 bridgehead atoms. The van der Waals surface area contributed by atoms with Crippen LogP contribution in [0.25, 0.3) is 10.8 Å². The van der Waals surface area contributed by atoms with Crippen LogP contribution in [0.5, 0.6) is 0 Å². The number of nitrogen functional groups attached to an aromatic ring is 1. The molecule has 0 aliphatic rings. The van der Waals surface area contributed by atoms with Crippen molar-refractivity contribution in [2.75, 3.05) is 5.73 Å². The highest BCUT2D eigenvalue weighted by atomic mass is 16.0. The summed E-state index contributed by atoms with van der Waals surface area (Å²) in [7, 11) is 0. The van der Waals surface area contributed by atoms with Gasteiger partial charge in [0.2, 0.25) is 0 Å². The van der Waals surface area contributed by atoms with Gasteiger partial charge in [0.15, 0.2) is 0 Å². The van der Waals surface area contributed by atoms with E-state index in [2.05, 4.69) is 12.1 Å². The summed E-state index contributed by atoms with van der Waals surface area (Å²) in [5.74, 6) is 0. The van der Waals surface area contributed by atoms with Gasteiger partial charge in [0.1, 0.15) is 0 Å². The third kappa shape index (κ3) is 1.38. The minimum atomic E-state index is 0. The molecule has 0 amide bonds. The monoisotopic (exact) mass is 161 g/mol. The number of hydrogen-bond donors (Lipinski definition) is 1. The second kappa shape index (κ2) is 3.24. The predicted molar refractivity (Wildman–Crippen MR) is 52.0 cm³/mol. The van der Waals surface area contributed by atoms with Crippen molar-refractivity contribution in [1.29, 1.82) is 0 Å². The zero-order valence-electron chi connectivity index (χ0n) is 6.62. The van der Waals surface area contributed by atoms with Crippen molar-refractivity contribution in [2.24, 2.45) is 0 Å². The number of anilines is 1. The minimum absolute atomic E-state index is 0. The topological polar surface area (TPSA) is 57.5 Å². The van der Waals surface area contributed by atoms with Crippen LogP contribution in [-0.4, -0.2) is 5.48 Å². The molecule has 0 heterocycles. The number of hydrogen-bond acceptors (Lipinski definition) is 1. The van der Waals surface area contributed by atoms with E-state index in [9.17, 15) is 0 Å². The molecule has 0 saturated heterocycles. The molecule has 2 heteroatoms. The summed E-state index contributed by atoms with van der Waals surface area (Å²) in [5.41, 5.74) is 6.45. The van der Waals surface area contributed by atoms with Gasteiger partial charge in [-0.1, -0.05) is 30.3 Å². The van der Waals surface area contributed by atoms with Gasteiger partial charge in [0, 0.05) is 5.69 Å². The molecule has 0 aromatic heterocycles. The van der Waals surface area contributed by atoms with Crippen LogP contribution >= 0.6 is 0 Å². The molecule has 0 saturated carbocycles. The Kier molecular flexibility index (Phi) is 2.31. The van der Waals surface area contributed by atoms with E-state index in [0.717, 1.165) is 5.69 Å². The lowest BCUT2D eigenvalue weighted by Crippen LogP contribution is -1.82. The lowest BCUT2D eigenvalue weighted by molar-refractivity contribution is 0.824.